The summed E-state index contributed by atoms with van der Waals surface area (Å²) < 4.78 is 7.05. The smallest absolute Gasteiger partial charge is 0.266 e. The van der Waals surface area contributed by atoms with Gasteiger partial charge in [0.15, 0.2) is 10.9 Å². The summed E-state index contributed by atoms with van der Waals surface area (Å²) in [6.45, 7) is 5.03. The molecule has 1 fully saturated rings. The lowest BCUT2D eigenvalue weighted by molar-refractivity contribution is -0.122. The molecular weight excluding hydrogens is 650 g/mol. The van der Waals surface area contributed by atoms with Gasteiger partial charge in [-0.2, -0.15) is 0 Å². The molecule has 36 heavy (non-hydrogen) atoms. The number of amidine groups is 1. The third-order valence-corrected chi connectivity index (χ3v) is 7.64. The molecule has 0 N–H and O–H groups in total. The second-order valence-electron chi connectivity index (χ2n) is 8.52. The highest BCUT2D eigenvalue weighted by Crippen LogP contribution is 2.38. The monoisotopic (exact) mass is 670 g/mol. The standard InChI is InChI=1S/C27H22Cl3IN2O2S/c1-16(2)14-33-26(34)24(36-27(33)32-21-9-5-19(28)6-10-21)13-18-11-22(29)25(23(30)12-18)35-15-17-3-7-20(31)8-4-17/h3-13,16H,14-15H2,1-2H3/b24-13-,32-27?. The van der Waals surface area contributed by atoms with Crippen LogP contribution in [-0.2, 0) is 11.4 Å². The van der Waals surface area contributed by atoms with Crippen LogP contribution < -0.4 is 4.74 Å². The van der Waals surface area contributed by atoms with Crippen LogP contribution in [0.4, 0.5) is 5.69 Å². The third kappa shape index (κ3) is 6.98. The van der Waals surface area contributed by atoms with Crippen molar-refractivity contribution in [2.24, 2.45) is 10.9 Å². The molecule has 186 valence electrons. The number of halogens is 4. The van der Waals surface area contributed by atoms with Crippen molar-refractivity contribution in [3.8, 4) is 5.75 Å². The van der Waals surface area contributed by atoms with E-state index in [0.717, 1.165) is 14.8 Å². The Kier molecular flexibility index (Phi) is 9.28. The molecule has 0 bridgehead atoms. The first kappa shape index (κ1) is 27.3. The maximum Gasteiger partial charge on any atom is 0.266 e. The van der Waals surface area contributed by atoms with Crippen molar-refractivity contribution < 1.29 is 9.53 Å². The van der Waals surface area contributed by atoms with Gasteiger partial charge in [-0.15, -0.1) is 0 Å². The van der Waals surface area contributed by atoms with E-state index in [1.807, 2.05) is 36.4 Å². The van der Waals surface area contributed by atoms with Crippen molar-refractivity contribution >= 4 is 92.0 Å². The minimum atomic E-state index is -0.104. The first-order valence-electron chi connectivity index (χ1n) is 11.1. The molecule has 1 saturated heterocycles. The van der Waals surface area contributed by atoms with Crippen molar-refractivity contribution in [1.29, 1.82) is 0 Å². The van der Waals surface area contributed by atoms with E-state index in [-0.39, 0.29) is 11.8 Å². The second-order valence-corrected chi connectivity index (χ2v) is 12.0. The summed E-state index contributed by atoms with van der Waals surface area (Å²) in [5.74, 6) is 0.585. The van der Waals surface area contributed by atoms with Crippen LogP contribution in [0, 0.1) is 9.49 Å². The lowest BCUT2D eigenvalue weighted by atomic mass is 10.2. The van der Waals surface area contributed by atoms with Crippen molar-refractivity contribution in [3.05, 3.63) is 95.3 Å². The van der Waals surface area contributed by atoms with Gasteiger partial charge in [-0.05, 0) is 106 Å². The molecule has 9 heteroatoms. The van der Waals surface area contributed by atoms with E-state index in [1.165, 1.54) is 11.8 Å². The van der Waals surface area contributed by atoms with Gasteiger partial charge in [0.2, 0.25) is 0 Å². The highest BCUT2D eigenvalue weighted by Gasteiger charge is 2.33. The van der Waals surface area contributed by atoms with E-state index in [2.05, 4.69) is 36.4 Å². The van der Waals surface area contributed by atoms with Gasteiger partial charge in [0.05, 0.1) is 20.6 Å². The zero-order valence-electron chi connectivity index (χ0n) is 19.5. The molecule has 1 aliphatic heterocycles. The summed E-state index contributed by atoms with van der Waals surface area (Å²) in [7, 11) is 0. The summed E-state index contributed by atoms with van der Waals surface area (Å²) in [5.41, 5.74) is 2.45. The number of carbonyl (C=O) groups is 1. The molecule has 3 aromatic rings. The van der Waals surface area contributed by atoms with Crippen LogP contribution in [-0.4, -0.2) is 22.5 Å². The molecule has 0 saturated carbocycles. The van der Waals surface area contributed by atoms with Gasteiger partial charge >= 0.3 is 0 Å². The number of rotatable bonds is 7. The van der Waals surface area contributed by atoms with Gasteiger partial charge in [0.1, 0.15) is 6.61 Å². The quantitative estimate of drug-likeness (QED) is 0.186. The zero-order chi connectivity index (χ0) is 25.8. The number of ether oxygens (including phenoxy) is 1. The molecule has 4 nitrogen and oxygen atoms in total. The van der Waals surface area contributed by atoms with E-state index in [0.29, 0.717) is 49.6 Å². The summed E-state index contributed by atoms with van der Waals surface area (Å²) >= 11 is 22.6. The summed E-state index contributed by atoms with van der Waals surface area (Å²) in [5, 5.41) is 2.01. The first-order chi connectivity index (χ1) is 17.2. The molecule has 0 spiro atoms. The average Bonchev–Trinajstić information content (AvgIpc) is 3.09. The number of amides is 1. The fourth-order valence-corrected chi connectivity index (χ4v) is 5.54. The molecular formula is C27H22Cl3IN2O2S. The summed E-state index contributed by atoms with van der Waals surface area (Å²) in [6.07, 6.45) is 1.78. The van der Waals surface area contributed by atoms with Crippen LogP contribution in [0.15, 0.2) is 70.6 Å². The molecule has 4 rings (SSSR count). The maximum absolute atomic E-state index is 13.3. The molecule has 0 atom stereocenters. The predicted molar refractivity (Wildman–Crippen MR) is 161 cm³/mol. The van der Waals surface area contributed by atoms with Crippen molar-refractivity contribution in [3.63, 3.8) is 0 Å². The van der Waals surface area contributed by atoms with E-state index in [9.17, 15) is 4.79 Å². The van der Waals surface area contributed by atoms with Gasteiger partial charge in [0, 0.05) is 15.1 Å². The molecule has 1 aliphatic rings. The van der Waals surface area contributed by atoms with Crippen LogP contribution in [0.25, 0.3) is 6.08 Å². The maximum atomic E-state index is 13.3. The minimum Gasteiger partial charge on any atom is -0.486 e. The Labute approximate surface area is 243 Å². The van der Waals surface area contributed by atoms with Crippen LogP contribution >= 0.6 is 69.2 Å². The number of hydrogen-bond donors (Lipinski definition) is 0. The number of thioether (sulfide) groups is 1. The van der Waals surface area contributed by atoms with E-state index < -0.39 is 0 Å². The number of carbonyl (C=O) groups excluding carboxylic acids is 1. The Morgan fingerprint density at radius 2 is 1.67 bits per heavy atom. The number of nitrogens with zero attached hydrogens (tertiary/aromatic N) is 2. The Morgan fingerprint density at radius 1 is 1.03 bits per heavy atom. The molecule has 1 amide bonds. The van der Waals surface area contributed by atoms with Gasteiger partial charge in [-0.25, -0.2) is 4.99 Å². The summed E-state index contributed by atoms with van der Waals surface area (Å²) in [6, 6.07) is 18.7. The minimum absolute atomic E-state index is 0.104. The molecule has 0 aromatic heterocycles. The average molecular weight is 672 g/mol. The number of hydrogen-bond acceptors (Lipinski definition) is 4. The second kappa shape index (κ2) is 12.2. The van der Waals surface area contributed by atoms with Crippen molar-refractivity contribution in [1.82, 2.24) is 4.90 Å². The lowest BCUT2D eigenvalue weighted by Gasteiger charge is -2.17. The molecule has 1 heterocycles. The Balaban J connectivity index is 1.57. The van der Waals surface area contributed by atoms with Crippen LogP contribution in [0.1, 0.15) is 25.0 Å². The van der Waals surface area contributed by atoms with Crippen LogP contribution in [0.3, 0.4) is 0 Å². The zero-order valence-corrected chi connectivity index (χ0v) is 24.7. The third-order valence-electron chi connectivity index (χ3n) is 5.10. The highest BCUT2D eigenvalue weighted by atomic mass is 127. The van der Waals surface area contributed by atoms with Gasteiger partial charge in [0.25, 0.3) is 5.91 Å². The number of benzene rings is 3. The highest BCUT2D eigenvalue weighted by molar-refractivity contribution is 14.1. The van der Waals surface area contributed by atoms with E-state index in [1.54, 1.807) is 35.2 Å². The topological polar surface area (TPSA) is 41.9 Å². The molecule has 0 aliphatic carbocycles. The van der Waals surface area contributed by atoms with Crippen molar-refractivity contribution in [2.45, 2.75) is 20.5 Å². The van der Waals surface area contributed by atoms with Gasteiger partial charge in [-0.1, -0.05) is 60.8 Å². The predicted octanol–water partition coefficient (Wildman–Crippen LogP) is 9.09. The van der Waals surface area contributed by atoms with Gasteiger partial charge in [-0.3, -0.25) is 9.69 Å². The molecule has 3 aromatic carbocycles. The van der Waals surface area contributed by atoms with Crippen LogP contribution in [0.2, 0.25) is 15.1 Å². The Hall–Kier alpha value is -1.71. The SMILES string of the molecule is CC(C)CN1C(=O)/C(=C/c2cc(Cl)c(OCc3ccc(I)cc3)c(Cl)c2)SC1=Nc1ccc(Cl)cc1. The van der Waals surface area contributed by atoms with Crippen LogP contribution in [0.5, 0.6) is 5.75 Å². The largest absolute Gasteiger partial charge is 0.486 e. The van der Waals surface area contributed by atoms with E-state index >= 15 is 0 Å². The van der Waals surface area contributed by atoms with Crippen molar-refractivity contribution in [2.75, 3.05) is 6.54 Å². The van der Waals surface area contributed by atoms with Gasteiger partial charge < -0.3 is 4.74 Å². The lowest BCUT2D eigenvalue weighted by Crippen LogP contribution is -2.32. The normalized spacial score (nSPS) is 16.0. The Morgan fingerprint density at radius 3 is 2.28 bits per heavy atom. The molecule has 0 unspecified atom stereocenters. The summed E-state index contributed by atoms with van der Waals surface area (Å²) in [4.78, 5) is 20.2. The Bertz CT molecular complexity index is 1300. The fourth-order valence-electron chi connectivity index (χ4n) is 3.43. The molecule has 0 radical (unpaired) electrons. The number of aliphatic imine (C=N–C) groups is 1. The van der Waals surface area contributed by atoms with E-state index in [4.69, 9.17) is 44.5 Å². The fraction of sp³-hybridized carbons (Fsp3) is 0.185. The first-order valence-corrected chi connectivity index (χ1v) is 14.1.